The maximum absolute atomic E-state index is 5.64. The zero-order valence-corrected chi connectivity index (χ0v) is 19.3. The number of hydrogen-bond donors (Lipinski definition) is 2. The highest BCUT2D eigenvalue weighted by molar-refractivity contribution is 14.0. The second-order valence-electron chi connectivity index (χ2n) is 5.82. The molecule has 0 spiro atoms. The maximum atomic E-state index is 5.64. The van der Waals surface area contributed by atoms with Crippen LogP contribution in [0.4, 0.5) is 0 Å². The highest BCUT2D eigenvalue weighted by Crippen LogP contribution is 2.27. The van der Waals surface area contributed by atoms with Crippen LogP contribution in [0.3, 0.4) is 0 Å². The molecule has 0 amide bonds. The third kappa shape index (κ3) is 7.46. The summed E-state index contributed by atoms with van der Waals surface area (Å²) in [5.41, 5.74) is 2.18. The Morgan fingerprint density at radius 1 is 0.929 bits per heavy atom. The summed E-state index contributed by atoms with van der Waals surface area (Å²) in [5, 5.41) is 6.62. The summed E-state index contributed by atoms with van der Waals surface area (Å²) in [6.07, 6.45) is 0. The van der Waals surface area contributed by atoms with E-state index in [0.717, 1.165) is 40.9 Å². The van der Waals surface area contributed by atoms with Crippen molar-refractivity contribution in [1.82, 2.24) is 10.6 Å². The molecule has 0 bridgehead atoms. The highest BCUT2D eigenvalue weighted by Gasteiger charge is 2.06. The average Bonchev–Trinajstić information content (AvgIpc) is 2.70. The van der Waals surface area contributed by atoms with Crippen molar-refractivity contribution in [2.24, 2.45) is 4.99 Å². The Kier molecular flexibility index (Phi) is 11.2. The van der Waals surface area contributed by atoms with Crippen LogP contribution in [0.15, 0.2) is 47.5 Å². The third-order valence-electron chi connectivity index (χ3n) is 3.89. The van der Waals surface area contributed by atoms with Crippen molar-refractivity contribution >= 4 is 29.9 Å². The number of nitrogens with zero attached hydrogens (tertiary/aromatic N) is 1. The minimum absolute atomic E-state index is 0. The molecule has 0 saturated heterocycles. The SMILES string of the molecule is CCNC(=NCc1cccc(OC)c1)NCc1ccc(OC)c(OCC)c1.I. The monoisotopic (exact) mass is 499 g/mol. The first-order valence-corrected chi connectivity index (χ1v) is 9.15. The number of aliphatic imine (C=N–C) groups is 1. The van der Waals surface area contributed by atoms with Gasteiger partial charge in [-0.3, -0.25) is 0 Å². The zero-order chi connectivity index (χ0) is 19.5. The van der Waals surface area contributed by atoms with Crippen LogP contribution in [0.25, 0.3) is 0 Å². The van der Waals surface area contributed by atoms with Crippen LogP contribution in [0.2, 0.25) is 0 Å². The van der Waals surface area contributed by atoms with E-state index in [1.54, 1.807) is 14.2 Å². The lowest BCUT2D eigenvalue weighted by Gasteiger charge is -2.14. The van der Waals surface area contributed by atoms with Gasteiger partial charge in [-0.05, 0) is 49.2 Å². The Bertz CT molecular complexity index is 753. The molecule has 154 valence electrons. The van der Waals surface area contributed by atoms with Gasteiger partial charge in [-0.2, -0.15) is 0 Å². The smallest absolute Gasteiger partial charge is 0.191 e. The molecule has 0 aliphatic carbocycles. The number of rotatable bonds is 9. The van der Waals surface area contributed by atoms with Crippen LogP contribution < -0.4 is 24.8 Å². The van der Waals surface area contributed by atoms with E-state index in [4.69, 9.17) is 14.2 Å². The van der Waals surface area contributed by atoms with Crippen LogP contribution in [0.5, 0.6) is 17.2 Å². The molecule has 0 aliphatic heterocycles. The number of guanidine groups is 1. The fourth-order valence-corrected chi connectivity index (χ4v) is 2.57. The van der Waals surface area contributed by atoms with Gasteiger partial charge in [0, 0.05) is 13.1 Å². The van der Waals surface area contributed by atoms with Gasteiger partial charge in [-0.25, -0.2) is 4.99 Å². The van der Waals surface area contributed by atoms with Crippen molar-refractivity contribution in [3.05, 3.63) is 53.6 Å². The molecule has 0 heterocycles. The highest BCUT2D eigenvalue weighted by atomic mass is 127. The van der Waals surface area contributed by atoms with Crippen molar-refractivity contribution < 1.29 is 14.2 Å². The number of benzene rings is 2. The normalized spacial score (nSPS) is 10.6. The molecular formula is C21H30IN3O3. The lowest BCUT2D eigenvalue weighted by atomic mass is 10.2. The van der Waals surface area contributed by atoms with E-state index in [9.17, 15) is 0 Å². The molecule has 6 nitrogen and oxygen atoms in total. The van der Waals surface area contributed by atoms with E-state index < -0.39 is 0 Å². The second-order valence-corrected chi connectivity index (χ2v) is 5.82. The van der Waals surface area contributed by atoms with Gasteiger partial charge in [0.15, 0.2) is 17.5 Å². The van der Waals surface area contributed by atoms with Gasteiger partial charge >= 0.3 is 0 Å². The third-order valence-corrected chi connectivity index (χ3v) is 3.89. The molecule has 0 aromatic heterocycles. The largest absolute Gasteiger partial charge is 0.497 e. The first-order valence-electron chi connectivity index (χ1n) is 9.15. The summed E-state index contributed by atoms with van der Waals surface area (Å²) >= 11 is 0. The first kappa shape index (κ1) is 23.9. The van der Waals surface area contributed by atoms with Gasteiger partial charge in [0.25, 0.3) is 0 Å². The van der Waals surface area contributed by atoms with Crippen molar-refractivity contribution in [1.29, 1.82) is 0 Å². The summed E-state index contributed by atoms with van der Waals surface area (Å²) in [5.74, 6) is 3.08. The van der Waals surface area contributed by atoms with Crippen LogP contribution in [-0.4, -0.2) is 33.3 Å². The molecule has 0 fully saturated rings. The lowest BCUT2D eigenvalue weighted by molar-refractivity contribution is 0.310. The summed E-state index contributed by atoms with van der Waals surface area (Å²) < 4.78 is 16.2. The van der Waals surface area contributed by atoms with E-state index in [1.807, 2.05) is 56.3 Å². The topological polar surface area (TPSA) is 64.1 Å². The summed E-state index contributed by atoms with van der Waals surface area (Å²) in [7, 11) is 3.31. The van der Waals surface area contributed by atoms with Crippen LogP contribution in [-0.2, 0) is 13.1 Å². The number of halogens is 1. The molecule has 2 aromatic carbocycles. The maximum Gasteiger partial charge on any atom is 0.191 e. The molecule has 2 aromatic rings. The Morgan fingerprint density at radius 3 is 2.43 bits per heavy atom. The van der Waals surface area contributed by atoms with Gasteiger partial charge in [0.05, 0.1) is 27.4 Å². The predicted octanol–water partition coefficient (Wildman–Crippen LogP) is 3.98. The molecule has 7 heteroatoms. The van der Waals surface area contributed by atoms with E-state index in [1.165, 1.54) is 0 Å². The van der Waals surface area contributed by atoms with E-state index >= 15 is 0 Å². The van der Waals surface area contributed by atoms with E-state index in [2.05, 4.69) is 15.6 Å². The molecule has 0 radical (unpaired) electrons. The molecule has 0 saturated carbocycles. The molecule has 2 N–H and O–H groups in total. The van der Waals surface area contributed by atoms with Crippen molar-refractivity contribution in [3.63, 3.8) is 0 Å². The summed E-state index contributed by atoms with van der Waals surface area (Å²) in [4.78, 5) is 4.65. The van der Waals surface area contributed by atoms with E-state index in [-0.39, 0.29) is 24.0 Å². The minimum Gasteiger partial charge on any atom is -0.497 e. The summed E-state index contributed by atoms with van der Waals surface area (Å²) in [6, 6.07) is 13.8. The van der Waals surface area contributed by atoms with Crippen LogP contribution >= 0.6 is 24.0 Å². The standard InChI is InChI=1S/C21H29N3O3.HI/c1-5-22-21(23-14-16-8-7-9-18(12-16)25-3)24-15-17-10-11-19(26-4)20(13-17)27-6-2;/h7-13H,5-6,14-15H2,1-4H3,(H2,22,23,24);1H. The van der Waals surface area contributed by atoms with Crippen LogP contribution in [0.1, 0.15) is 25.0 Å². The van der Waals surface area contributed by atoms with Gasteiger partial charge in [-0.15, -0.1) is 24.0 Å². The number of methoxy groups -OCH3 is 2. The van der Waals surface area contributed by atoms with Crippen molar-refractivity contribution in [2.45, 2.75) is 26.9 Å². The lowest BCUT2D eigenvalue weighted by Crippen LogP contribution is -2.36. The predicted molar refractivity (Wildman–Crippen MR) is 124 cm³/mol. The zero-order valence-electron chi connectivity index (χ0n) is 17.0. The number of ether oxygens (including phenoxy) is 3. The van der Waals surface area contributed by atoms with Crippen LogP contribution in [0, 0.1) is 0 Å². The quantitative estimate of drug-likeness (QED) is 0.311. The fourth-order valence-electron chi connectivity index (χ4n) is 2.57. The Morgan fingerprint density at radius 2 is 1.75 bits per heavy atom. The number of nitrogens with one attached hydrogen (secondary N) is 2. The Balaban J connectivity index is 0.00000392. The molecule has 0 atom stereocenters. The van der Waals surface area contributed by atoms with Crippen molar-refractivity contribution in [3.8, 4) is 17.2 Å². The van der Waals surface area contributed by atoms with Gasteiger partial charge in [0.2, 0.25) is 0 Å². The fraction of sp³-hybridized carbons (Fsp3) is 0.381. The Hall–Kier alpha value is -2.16. The van der Waals surface area contributed by atoms with Gasteiger partial charge in [-0.1, -0.05) is 18.2 Å². The molecule has 0 unspecified atom stereocenters. The second kappa shape index (κ2) is 13.1. The molecule has 28 heavy (non-hydrogen) atoms. The van der Waals surface area contributed by atoms with Crippen molar-refractivity contribution in [2.75, 3.05) is 27.4 Å². The van der Waals surface area contributed by atoms with E-state index in [0.29, 0.717) is 19.7 Å². The summed E-state index contributed by atoms with van der Waals surface area (Å²) in [6.45, 7) is 6.59. The minimum atomic E-state index is 0. The molecular weight excluding hydrogens is 469 g/mol. The Labute approximate surface area is 184 Å². The molecule has 0 aliphatic rings. The number of hydrogen-bond acceptors (Lipinski definition) is 4. The van der Waals surface area contributed by atoms with Gasteiger partial charge in [0.1, 0.15) is 5.75 Å². The van der Waals surface area contributed by atoms with Gasteiger partial charge < -0.3 is 24.8 Å². The average molecular weight is 499 g/mol. The molecule has 2 rings (SSSR count). The first-order chi connectivity index (χ1) is 13.2.